The molecule has 0 saturated heterocycles. The molecule has 0 bridgehead atoms. The summed E-state index contributed by atoms with van der Waals surface area (Å²) in [5.74, 6) is -0.593. The fourth-order valence-corrected chi connectivity index (χ4v) is 2.34. The number of hydrogen-bond donors (Lipinski definition) is 0. The Hall–Kier alpha value is -1.66. The molecule has 0 spiro atoms. The number of methoxy groups -OCH3 is 2. The average molecular weight is 340 g/mol. The predicted molar refractivity (Wildman–Crippen MR) is 89.4 cm³/mol. The molecule has 1 aliphatic heterocycles. The van der Waals surface area contributed by atoms with Crippen LogP contribution in [0.1, 0.15) is 26.7 Å². The van der Waals surface area contributed by atoms with Crippen LogP contribution in [0.25, 0.3) is 0 Å². The van der Waals surface area contributed by atoms with Gasteiger partial charge in [0.15, 0.2) is 0 Å². The van der Waals surface area contributed by atoms with Gasteiger partial charge in [-0.3, -0.25) is 9.59 Å². The molecule has 6 nitrogen and oxygen atoms in total. The van der Waals surface area contributed by atoms with E-state index in [-0.39, 0.29) is 62.0 Å². The van der Waals surface area contributed by atoms with Crippen LogP contribution in [0.2, 0.25) is 0 Å². The maximum atomic E-state index is 11.8. The standard InChI is InChI=1S/C18H28O6/c1-13-7-5-9-17(19)24-12-16(22-4)14(2)8-6-10-18(20)23-11-15(13)21-3/h5-8,13-16H,9-12H2,1-4H3/b7-5+,8-6+/t13-,14-,15-,16?/m1/s1. The summed E-state index contributed by atoms with van der Waals surface area (Å²) in [7, 11) is 3.14. The summed E-state index contributed by atoms with van der Waals surface area (Å²) in [4.78, 5) is 23.6. The molecule has 4 atom stereocenters. The minimum atomic E-state index is -0.302. The first-order valence-corrected chi connectivity index (χ1v) is 8.18. The Balaban J connectivity index is 2.80. The van der Waals surface area contributed by atoms with Crippen LogP contribution in [-0.4, -0.2) is 51.6 Å². The van der Waals surface area contributed by atoms with Gasteiger partial charge in [0.05, 0.1) is 25.0 Å². The Morgan fingerprint density at radius 2 is 1.21 bits per heavy atom. The van der Waals surface area contributed by atoms with Crippen molar-refractivity contribution in [1.29, 1.82) is 0 Å². The lowest BCUT2D eigenvalue weighted by Crippen LogP contribution is -2.27. The van der Waals surface area contributed by atoms with Gasteiger partial charge in [-0.1, -0.05) is 38.2 Å². The van der Waals surface area contributed by atoms with Crippen LogP contribution in [-0.2, 0) is 28.5 Å². The van der Waals surface area contributed by atoms with Crippen molar-refractivity contribution in [3.8, 4) is 0 Å². The first-order valence-electron chi connectivity index (χ1n) is 8.18. The van der Waals surface area contributed by atoms with Gasteiger partial charge in [-0.05, 0) is 0 Å². The van der Waals surface area contributed by atoms with Crippen LogP contribution < -0.4 is 0 Å². The van der Waals surface area contributed by atoms with Crippen molar-refractivity contribution in [2.75, 3.05) is 27.4 Å². The Labute approximate surface area is 143 Å². The second-order valence-corrected chi connectivity index (χ2v) is 5.90. The van der Waals surface area contributed by atoms with Gasteiger partial charge in [0.1, 0.15) is 13.2 Å². The van der Waals surface area contributed by atoms with Crippen LogP contribution in [0.3, 0.4) is 0 Å². The lowest BCUT2D eigenvalue weighted by Gasteiger charge is -2.21. The molecule has 0 fully saturated rings. The van der Waals surface area contributed by atoms with Gasteiger partial charge in [0.2, 0.25) is 0 Å². The molecule has 0 aromatic rings. The summed E-state index contributed by atoms with van der Waals surface area (Å²) >= 11 is 0. The zero-order chi connectivity index (χ0) is 17.9. The normalized spacial score (nSPS) is 33.3. The third kappa shape index (κ3) is 7.27. The van der Waals surface area contributed by atoms with Crippen molar-refractivity contribution < 1.29 is 28.5 Å². The second kappa shape index (κ2) is 11.0. The average Bonchev–Trinajstić information content (AvgIpc) is 2.55. The van der Waals surface area contributed by atoms with E-state index < -0.39 is 0 Å². The fourth-order valence-electron chi connectivity index (χ4n) is 2.34. The number of hydrogen-bond acceptors (Lipinski definition) is 6. The van der Waals surface area contributed by atoms with Crippen LogP contribution in [0, 0.1) is 11.8 Å². The SMILES string of the molecule is COC1COC(=O)C/C=C/[C@@H](C)[C@H](OC)COC(=O)C/C=C/[C@H]1C. The molecule has 0 aliphatic carbocycles. The van der Waals surface area contributed by atoms with E-state index in [4.69, 9.17) is 18.9 Å². The van der Waals surface area contributed by atoms with Crippen molar-refractivity contribution in [3.63, 3.8) is 0 Å². The van der Waals surface area contributed by atoms with Crippen molar-refractivity contribution in [3.05, 3.63) is 24.3 Å². The largest absolute Gasteiger partial charge is 0.463 e. The number of esters is 2. The Morgan fingerprint density at radius 1 is 0.833 bits per heavy atom. The smallest absolute Gasteiger partial charge is 0.309 e. The molecule has 0 aromatic heterocycles. The molecular formula is C18H28O6. The quantitative estimate of drug-likeness (QED) is 0.567. The van der Waals surface area contributed by atoms with E-state index in [0.29, 0.717) is 0 Å². The molecule has 24 heavy (non-hydrogen) atoms. The third-order valence-corrected chi connectivity index (χ3v) is 4.04. The van der Waals surface area contributed by atoms with E-state index in [1.54, 1.807) is 26.4 Å². The maximum absolute atomic E-state index is 11.8. The first kappa shape index (κ1) is 20.4. The molecular weight excluding hydrogens is 312 g/mol. The molecule has 6 heteroatoms. The van der Waals surface area contributed by atoms with Crippen molar-refractivity contribution in [1.82, 2.24) is 0 Å². The molecule has 1 unspecified atom stereocenters. The second-order valence-electron chi connectivity index (χ2n) is 5.90. The van der Waals surface area contributed by atoms with E-state index in [1.807, 2.05) is 26.0 Å². The number of ether oxygens (including phenoxy) is 4. The molecule has 0 amide bonds. The summed E-state index contributed by atoms with van der Waals surface area (Å²) in [6.45, 7) is 4.23. The molecule has 0 aromatic carbocycles. The molecule has 0 radical (unpaired) electrons. The van der Waals surface area contributed by atoms with E-state index in [2.05, 4.69) is 0 Å². The highest BCUT2D eigenvalue weighted by atomic mass is 16.6. The van der Waals surface area contributed by atoms with Crippen LogP contribution in [0.4, 0.5) is 0 Å². The fraction of sp³-hybridized carbons (Fsp3) is 0.667. The van der Waals surface area contributed by atoms with Gasteiger partial charge in [0, 0.05) is 26.1 Å². The maximum Gasteiger partial charge on any atom is 0.309 e. The van der Waals surface area contributed by atoms with E-state index in [0.717, 1.165) is 0 Å². The molecule has 1 aliphatic rings. The van der Waals surface area contributed by atoms with Gasteiger partial charge in [-0.15, -0.1) is 0 Å². The Morgan fingerprint density at radius 3 is 1.54 bits per heavy atom. The van der Waals surface area contributed by atoms with Gasteiger partial charge >= 0.3 is 11.9 Å². The number of carbonyl (C=O) groups is 2. The topological polar surface area (TPSA) is 71.1 Å². The highest BCUT2D eigenvalue weighted by Crippen LogP contribution is 2.13. The Kier molecular flexibility index (Phi) is 9.34. The van der Waals surface area contributed by atoms with E-state index in [9.17, 15) is 9.59 Å². The zero-order valence-corrected chi connectivity index (χ0v) is 14.9. The Bertz CT molecular complexity index is 414. The van der Waals surface area contributed by atoms with Crippen molar-refractivity contribution >= 4 is 11.9 Å². The van der Waals surface area contributed by atoms with Crippen LogP contribution in [0.5, 0.6) is 0 Å². The van der Waals surface area contributed by atoms with E-state index in [1.165, 1.54) is 0 Å². The molecule has 0 N–H and O–H groups in total. The molecule has 1 rings (SSSR count). The monoisotopic (exact) mass is 340 g/mol. The van der Waals surface area contributed by atoms with Gasteiger partial charge in [-0.2, -0.15) is 0 Å². The zero-order valence-electron chi connectivity index (χ0n) is 14.9. The number of rotatable bonds is 2. The summed E-state index contributed by atoms with van der Waals surface area (Å²) in [6.07, 6.45) is 7.08. The van der Waals surface area contributed by atoms with Crippen molar-refractivity contribution in [2.24, 2.45) is 11.8 Å². The molecule has 136 valence electrons. The van der Waals surface area contributed by atoms with Gasteiger partial charge in [-0.25, -0.2) is 0 Å². The van der Waals surface area contributed by atoms with E-state index >= 15 is 0 Å². The molecule has 0 saturated carbocycles. The van der Waals surface area contributed by atoms with Gasteiger partial charge in [0.25, 0.3) is 0 Å². The third-order valence-electron chi connectivity index (χ3n) is 4.04. The lowest BCUT2D eigenvalue weighted by molar-refractivity contribution is -0.147. The summed E-state index contributed by atoms with van der Waals surface area (Å²) in [5, 5.41) is 0. The first-order chi connectivity index (χ1) is 11.5. The molecule has 1 heterocycles. The summed E-state index contributed by atoms with van der Waals surface area (Å²) < 4.78 is 21.2. The lowest BCUT2D eigenvalue weighted by atomic mass is 10.0. The number of cyclic esters (lactones) is 2. The number of carbonyl (C=O) groups excluding carboxylic acids is 2. The van der Waals surface area contributed by atoms with Crippen LogP contribution >= 0.6 is 0 Å². The summed E-state index contributed by atoms with van der Waals surface area (Å²) in [5.41, 5.74) is 0. The minimum Gasteiger partial charge on any atom is -0.463 e. The predicted octanol–water partition coefficient (Wildman–Crippen LogP) is 2.28. The highest BCUT2D eigenvalue weighted by Gasteiger charge is 2.19. The van der Waals surface area contributed by atoms with Crippen LogP contribution in [0.15, 0.2) is 24.3 Å². The summed E-state index contributed by atoms with van der Waals surface area (Å²) in [6, 6.07) is 0. The van der Waals surface area contributed by atoms with Gasteiger partial charge < -0.3 is 18.9 Å². The highest BCUT2D eigenvalue weighted by molar-refractivity contribution is 5.71. The minimum absolute atomic E-state index is 0.00536. The van der Waals surface area contributed by atoms with Crippen molar-refractivity contribution in [2.45, 2.75) is 38.9 Å².